The number of carbonyl (C=O) groups excluding carboxylic acids is 2. The third-order valence-corrected chi connectivity index (χ3v) is 5.07. The molecule has 1 fully saturated rings. The Balaban J connectivity index is 1.83. The smallest absolute Gasteiger partial charge is 0.319 e. The molecule has 0 spiro atoms. The lowest BCUT2D eigenvalue weighted by Gasteiger charge is -2.26. The zero-order valence-corrected chi connectivity index (χ0v) is 16.2. The summed E-state index contributed by atoms with van der Waals surface area (Å²) in [5, 5.41) is 5.90. The Labute approximate surface area is 157 Å². The molecular formula is C21H33N3O2. The van der Waals surface area contributed by atoms with E-state index in [-0.39, 0.29) is 11.9 Å². The topological polar surface area (TPSA) is 61.4 Å². The number of hydrogen-bond donors (Lipinski definition) is 2. The van der Waals surface area contributed by atoms with Crippen LogP contribution in [0.25, 0.3) is 0 Å². The predicted octanol–water partition coefficient (Wildman–Crippen LogP) is 4.54. The van der Waals surface area contributed by atoms with Crippen LogP contribution in [0.15, 0.2) is 24.3 Å². The summed E-state index contributed by atoms with van der Waals surface area (Å²) in [5.74, 6) is 0.766. The quantitative estimate of drug-likeness (QED) is 0.680. The van der Waals surface area contributed by atoms with E-state index < -0.39 is 0 Å². The van der Waals surface area contributed by atoms with Gasteiger partial charge in [0.05, 0.1) is 0 Å². The number of benzene rings is 1. The van der Waals surface area contributed by atoms with E-state index in [0.29, 0.717) is 25.4 Å². The fourth-order valence-corrected chi connectivity index (χ4v) is 3.35. The van der Waals surface area contributed by atoms with Crippen LogP contribution in [0.3, 0.4) is 0 Å². The fraction of sp³-hybridized carbons (Fsp3) is 0.619. The number of hydrogen-bond acceptors (Lipinski definition) is 2. The highest BCUT2D eigenvalue weighted by molar-refractivity contribution is 5.89. The van der Waals surface area contributed by atoms with Gasteiger partial charge in [-0.25, -0.2) is 4.79 Å². The average molecular weight is 360 g/mol. The van der Waals surface area contributed by atoms with E-state index in [0.717, 1.165) is 43.5 Å². The number of amides is 3. The molecular weight excluding hydrogens is 326 g/mol. The second-order valence-corrected chi connectivity index (χ2v) is 7.22. The molecule has 0 bridgehead atoms. The van der Waals surface area contributed by atoms with Gasteiger partial charge in [0.15, 0.2) is 0 Å². The number of rotatable bonds is 9. The van der Waals surface area contributed by atoms with Gasteiger partial charge in [-0.3, -0.25) is 4.79 Å². The Morgan fingerprint density at radius 1 is 1.27 bits per heavy atom. The summed E-state index contributed by atoms with van der Waals surface area (Å²) in [5.41, 5.74) is 1.82. The van der Waals surface area contributed by atoms with Gasteiger partial charge < -0.3 is 15.5 Å². The molecule has 2 N–H and O–H groups in total. The molecule has 1 atom stereocenters. The summed E-state index contributed by atoms with van der Waals surface area (Å²) >= 11 is 0. The first-order chi connectivity index (χ1) is 12.6. The molecule has 5 heteroatoms. The monoisotopic (exact) mass is 359 g/mol. The molecule has 1 saturated heterocycles. The minimum Gasteiger partial charge on any atom is -0.338 e. The van der Waals surface area contributed by atoms with Gasteiger partial charge in [0.25, 0.3) is 0 Å². The molecule has 26 heavy (non-hydrogen) atoms. The van der Waals surface area contributed by atoms with Crippen molar-refractivity contribution in [3.63, 3.8) is 0 Å². The van der Waals surface area contributed by atoms with Gasteiger partial charge in [-0.05, 0) is 42.9 Å². The largest absolute Gasteiger partial charge is 0.338 e. The summed E-state index contributed by atoms with van der Waals surface area (Å²) in [4.78, 5) is 26.0. The third kappa shape index (κ3) is 6.70. The van der Waals surface area contributed by atoms with Crippen molar-refractivity contribution in [2.75, 3.05) is 18.4 Å². The van der Waals surface area contributed by atoms with Crippen molar-refractivity contribution in [2.24, 2.45) is 5.92 Å². The van der Waals surface area contributed by atoms with Crippen LogP contribution in [0.2, 0.25) is 0 Å². The van der Waals surface area contributed by atoms with E-state index in [1.165, 1.54) is 12.8 Å². The molecule has 1 aliphatic heterocycles. The van der Waals surface area contributed by atoms with Gasteiger partial charge in [0.2, 0.25) is 5.91 Å². The van der Waals surface area contributed by atoms with E-state index in [2.05, 4.69) is 24.5 Å². The number of likely N-dealkylation sites (tertiary alicyclic amines) is 1. The van der Waals surface area contributed by atoms with Gasteiger partial charge >= 0.3 is 6.03 Å². The van der Waals surface area contributed by atoms with Crippen molar-refractivity contribution in [3.8, 4) is 0 Å². The number of nitrogens with zero attached hydrogens (tertiary/aromatic N) is 1. The molecule has 1 aromatic rings. The summed E-state index contributed by atoms with van der Waals surface area (Å²) in [6.07, 6.45) is 7.36. The first-order valence-corrected chi connectivity index (χ1v) is 10.0. The van der Waals surface area contributed by atoms with Crippen LogP contribution in [0.5, 0.6) is 0 Å². The highest BCUT2D eigenvalue weighted by Gasteiger charge is 2.18. The zero-order valence-electron chi connectivity index (χ0n) is 16.2. The minimum atomic E-state index is -0.161. The Kier molecular flexibility index (Phi) is 8.45. The molecule has 3 amide bonds. The van der Waals surface area contributed by atoms with Crippen molar-refractivity contribution in [1.82, 2.24) is 10.2 Å². The molecule has 0 aliphatic carbocycles. The fourth-order valence-electron chi connectivity index (χ4n) is 3.35. The van der Waals surface area contributed by atoms with Crippen molar-refractivity contribution >= 4 is 17.6 Å². The maximum atomic E-state index is 12.2. The minimum absolute atomic E-state index is 0.161. The molecule has 1 heterocycles. The number of piperidine rings is 1. The summed E-state index contributed by atoms with van der Waals surface area (Å²) < 4.78 is 0. The van der Waals surface area contributed by atoms with Crippen LogP contribution < -0.4 is 10.6 Å². The molecule has 144 valence electrons. The van der Waals surface area contributed by atoms with E-state index >= 15 is 0 Å². The average Bonchev–Trinajstić information content (AvgIpc) is 2.64. The van der Waals surface area contributed by atoms with Gasteiger partial charge in [-0.2, -0.15) is 0 Å². The van der Waals surface area contributed by atoms with Crippen LogP contribution >= 0.6 is 0 Å². The molecule has 1 aliphatic rings. The van der Waals surface area contributed by atoms with Gasteiger partial charge in [0, 0.05) is 31.7 Å². The first-order valence-electron chi connectivity index (χ1n) is 10.0. The highest BCUT2D eigenvalue weighted by Crippen LogP contribution is 2.17. The van der Waals surface area contributed by atoms with Gasteiger partial charge in [-0.1, -0.05) is 45.2 Å². The van der Waals surface area contributed by atoms with E-state index in [1.807, 2.05) is 29.2 Å². The van der Waals surface area contributed by atoms with Crippen LogP contribution in [-0.2, 0) is 11.3 Å². The Hall–Kier alpha value is -2.04. The first kappa shape index (κ1) is 20.3. The number of unbranched alkanes of at least 4 members (excludes halogenated alkanes) is 1. The highest BCUT2D eigenvalue weighted by atomic mass is 16.2. The maximum absolute atomic E-state index is 12.2. The predicted molar refractivity (Wildman–Crippen MR) is 106 cm³/mol. The SMILES string of the molecule is CCCCC(CC)CNC(=O)Nc1cccc(CN2CCCCC2=O)c1. The van der Waals surface area contributed by atoms with Crippen molar-refractivity contribution in [2.45, 2.75) is 65.3 Å². The van der Waals surface area contributed by atoms with Gasteiger partial charge in [-0.15, -0.1) is 0 Å². The number of anilines is 1. The van der Waals surface area contributed by atoms with Gasteiger partial charge in [0.1, 0.15) is 0 Å². The van der Waals surface area contributed by atoms with E-state index in [9.17, 15) is 9.59 Å². The lowest BCUT2D eigenvalue weighted by molar-refractivity contribution is -0.133. The zero-order chi connectivity index (χ0) is 18.8. The van der Waals surface area contributed by atoms with E-state index in [4.69, 9.17) is 0 Å². The van der Waals surface area contributed by atoms with Crippen molar-refractivity contribution in [3.05, 3.63) is 29.8 Å². The molecule has 1 aromatic carbocycles. The van der Waals surface area contributed by atoms with Crippen LogP contribution in [-0.4, -0.2) is 29.9 Å². The number of carbonyl (C=O) groups is 2. The van der Waals surface area contributed by atoms with Crippen LogP contribution in [0.4, 0.5) is 10.5 Å². The maximum Gasteiger partial charge on any atom is 0.319 e. The summed E-state index contributed by atoms with van der Waals surface area (Å²) in [6, 6.07) is 7.61. The van der Waals surface area contributed by atoms with E-state index in [1.54, 1.807) is 0 Å². The van der Waals surface area contributed by atoms with Crippen molar-refractivity contribution in [1.29, 1.82) is 0 Å². The molecule has 0 radical (unpaired) electrons. The molecule has 5 nitrogen and oxygen atoms in total. The van der Waals surface area contributed by atoms with Crippen molar-refractivity contribution < 1.29 is 9.59 Å². The Bertz CT molecular complexity index is 588. The lowest BCUT2D eigenvalue weighted by Crippen LogP contribution is -2.34. The lowest BCUT2D eigenvalue weighted by atomic mass is 9.99. The Morgan fingerprint density at radius 2 is 2.12 bits per heavy atom. The normalized spacial score (nSPS) is 15.6. The Morgan fingerprint density at radius 3 is 2.85 bits per heavy atom. The molecule has 1 unspecified atom stereocenters. The molecule has 2 rings (SSSR count). The second kappa shape index (κ2) is 10.8. The van der Waals surface area contributed by atoms with Crippen LogP contribution in [0, 0.1) is 5.92 Å². The summed E-state index contributed by atoms with van der Waals surface area (Å²) in [6.45, 7) is 6.52. The summed E-state index contributed by atoms with van der Waals surface area (Å²) in [7, 11) is 0. The van der Waals surface area contributed by atoms with Crippen LogP contribution in [0.1, 0.15) is 64.4 Å². The molecule has 0 aromatic heterocycles. The second-order valence-electron chi connectivity index (χ2n) is 7.22. The standard InChI is InChI=1S/C21H33N3O2/c1-3-5-9-17(4-2)15-22-21(26)23-19-11-8-10-18(14-19)16-24-13-7-6-12-20(24)25/h8,10-11,14,17H,3-7,9,12-13,15-16H2,1-2H3,(H2,22,23,26). The third-order valence-electron chi connectivity index (χ3n) is 5.07. The number of urea groups is 1. The molecule has 0 saturated carbocycles. The number of nitrogens with one attached hydrogen (secondary N) is 2.